The molecule has 0 atom stereocenters. The molecule has 0 fully saturated rings. The second-order valence-corrected chi connectivity index (χ2v) is 2.93. The van der Waals surface area contributed by atoms with Gasteiger partial charge >= 0.3 is 5.97 Å². The highest BCUT2D eigenvalue weighted by atomic mass is 16.5. The summed E-state index contributed by atoms with van der Waals surface area (Å²) in [6.45, 7) is 0.291. The summed E-state index contributed by atoms with van der Waals surface area (Å²) in [5, 5.41) is 3.36. The topological polar surface area (TPSA) is 75.1 Å². The first-order valence-electron chi connectivity index (χ1n) is 4.63. The summed E-state index contributed by atoms with van der Waals surface area (Å²) in [5.41, 5.74) is 9.43. The maximum atomic E-state index is 11.2. The van der Waals surface area contributed by atoms with E-state index in [1.54, 1.807) is 30.4 Å². The Morgan fingerprint density at radius 3 is 3.12 bits per heavy atom. The SMILES string of the molecule is COC(=O)c1cccc(C=CCN=[N+]=[N-])c1. The molecule has 16 heavy (non-hydrogen) atoms. The third-order valence-electron chi connectivity index (χ3n) is 1.87. The number of hydrogen-bond acceptors (Lipinski definition) is 3. The molecule has 0 saturated carbocycles. The second-order valence-electron chi connectivity index (χ2n) is 2.93. The van der Waals surface area contributed by atoms with Crippen molar-refractivity contribution in [2.24, 2.45) is 5.11 Å². The number of nitrogens with zero attached hydrogens (tertiary/aromatic N) is 3. The molecule has 0 spiro atoms. The van der Waals surface area contributed by atoms with Crippen LogP contribution in [0.1, 0.15) is 15.9 Å². The van der Waals surface area contributed by atoms with E-state index in [2.05, 4.69) is 14.8 Å². The van der Waals surface area contributed by atoms with Crippen molar-refractivity contribution in [3.8, 4) is 0 Å². The van der Waals surface area contributed by atoms with Crippen LogP contribution in [0.5, 0.6) is 0 Å². The van der Waals surface area contributed by atoms with Crippen LogP contribution in [-0.2, 0) is 4.74 Å². The predicted molar refractivity (Wildman–Crippen MR) is 60.8 cm³/mol. The molecule has 0 amide bonds. The molecule has 0 saturated heterocycles. The Kier molecular flexibility index (Phi) is 4.63. The first-order chi connectivity index (χ1) is 7.77. The van der Waals surface area contributed by atoms with Crippen LogP contribution in [0.4, 0.5) is 0 Å². The summed E-state index contributed by atoms with van der Waals surface area (Å²) >= 11 is 0. The van der Waals surface area contributed by atoms with Crippen molar-refractivity contribution in [3.63, 3.8) is 0 Å². The highest BCUT2D eigenvalue weighted by Gasteiger charge is 2.03. The van der Waals surface area contributed by atoms with Crippen LogP contribution in [-0.4, -0.2) is 19.6 Å². The molecule has 5 nitrogen and oxygen atoms in total. The van der Waals surface area contributed by atoms with Gasteiger partial charge in [-0.1, -0.05) is 29.4 Å². The summed E-state index contributed by atoms with van der Waals surface area (Å²) in [6.07, 6.45) is 3.50. The van der Waals surface area contributed by atoms with Crippen molar-refractivity contribution in [1.82, 2.24) is 0 Å². The Hall–Kier alpha value is -2.26. The number of rotatable bonds is 4. The van der Waals surface area contributed by atoms with Crippen LogP contribution < -0.4 is 0 Å². The van der Waals surface area contributed by atoms with E-state index in [0.717, 1.165) is 5.56 Å². The normalized spacial score (nSPS) is 9.81. The number of methoxy groups -OCH3 is 1. The van der Waals surface area contributed by atoms with Gasteiger partial charge in [-0.2, -0.15) is 0 Å². The molecule has 0 N–H and O–H groups in total. The van der Waals surface area contributed by atoms with E-state index in [9.17, 15) is 4.79 Å². The van der Waals surface area contributed by atoms with E-state index in [1.807, 2.05) is 6.07 Å². The van der Waals surface area contributed by atoms with E-state index in [1.165, 1.54) is 7.11 Å². The van der Waals surface area contributed by atoms with Crippen LogP contribution in [0.25, 0.3) is 16.5 Å². The highest BCUT2D eigenvalue weighted by Crippen LogP contribution is 2.08. The van der Waals surface area contributed by atoms with E-state index in [0.29, 0.717) is 12.1 Å². The fourth-order valence-corrected chi connectivity index (χ4v) is 1.16. The Bertz CT molecular complexity index is 448. The molecule has 1 aromatic rings. The largest absolute Gasteiger partial charge is 0.465 e. The Morgan fingerprint density at radius 1 is 1.62 bits per heavy atom. The minimum Gasteiger partial charge on any atom is -0.465 e. The zero-order chi connectivity index (χ0) is 11.8. The van der Waals surface area contributed by atoms with Gasteiger partial charge in [0.2, 0.25) is 0 Å². The average Bonchev–Trinajstić information content (AvgIpc) is 2.34. The van der Waals surface area contributed by atoms with Gasteiger partial charge in [-0.15, -0.1) is 0 Å². The number of esters is 1. The highest BCUT2D eigenvalue weighted by molar-refractivity contribution is 5.89. The average molecular weight is 217 g/mol. The van der Waals surface area contributed by atoms with Crippen molar-refractivity contribution >= 4 is 12.0 Å². The van der Waals surface area contributed by atoms with E-state index in [-0.39, 0.29) is 5.97 Å². The van der Waals surface area contributed by atoms with Gasteiger partial charge in [-0.25, -0.2) is 4.79 Å². The zero-order valence-electron chi connectivity index (χ0n) is 8.83. The summed E-state index contributed by atoms with van der Waals surface area (Å²) in [5.74, 6) is -0.370. The summed E-state index contributed by atoms with van der Waals surface area (Å²) in [6, 6.07) is 6.99. The molecular formula is C11H11N3O2. The fourth-order valence-electron chi connectivity index (χ4n) is 1.16. The lowest BCUT2D eigenvalue weighted by atomic mass is 10.1. The number of azide groups is 1. The van der Waals surface area contributed by atoms with Crippen molar-refractivity contribution in [3.05, 3.63) is 51.9 Å². The summed E-state index contributed by atoms with van der Waals surface area (Å²) < 4.78 is 4.60. The van der Waals surface area contributed by atoms with Crippen LogP contribution >= 0.6 is 0 Å². The molecule has 0 aliphatic rings. The smallest absolute Gasteiger partial charge is 0.337 e. The van der Waals surface area contributed by atoms with Crippen molar-refractivity contribution in [2.75, 3.05) is 13.7 Å². The molecule has 5 heteroatoms. The van der Waals surface area contributed by atoms with Gasteiger partial charge in [-0.05, 0) is 23.2 Å². The summed E-state index contributed by atoms with van der Waals surface area (Å²) in [7, 11) is 1.34. The molecule has 0 unspecified atom stereocenters. The number of carbonyl (C=O) groups excluding carboxylic acids is 1. The second kappa shape index (κ2) is 6.27. The molecule has 1 rings (SSSR count). The lowest BCUT2D eigenvalue weighted by molar-refractivity contribution is 0.0600. The molecule has 0 aliphatic heterocycles. The Morgan fingerprint density at radius 2 is 2.44 bits per heavy atom. The quantitative estimate of drug-likeness (QED) is 0.336. The van der Waals surface area contributed by atoms with Crippen molar-refractivity contribution < 1.29 is 9.53 Å². The van der Waals surface area contributed by atoms with Gasteiger partial charge in [0.15, 0.2) is 0 Å². The molecule has 0 bridgehead atoms. The van der Waals surface area contributed by atoms with Gasteiger partial charge in [0, 0.05) is 11.5 Å². The maximum Gasteiger partial charge on any atom is 0.337 e. The lowest BCUT2D eigenvalue weighted by Crippen LogP contribution is -2.00. The van der Waals surface area contributed by atoms with E-state index >= 15 is 0 Å². The van der Waals surface area contributed by atoms with Gasteiger partial charge in [0.1, 0.15) is 0 Å². The molecule has 82 valence electrons. The third kappa shape index (κ3) is 3.48. The number of benzene rings is 1. The number of ether oxygens (including phenoxy) is 1. The number of carbonyl (C=O) groups is 1. The van der Waals surface area contributed by atoms with Gasteiger partial charge in [0.05, 0.1) is 12.7 Å². The molecule has 0 aliphatic carbocycles. The van der Waals surface area contributed by atoms with Crippen LogP contribution in [0.3, 0.4) is 0 Å². The lowest BCUT2D eigenvalue weighted by Gasteiger charge is -1.99. The van der Waals surface area contributed by atoms with Crippen molar-refractivity contribution in [2.45, 2.75) is 0 Å². The fraction of sp³-hybridized carbons (Fsp3) is 0.182. The third-order valence-corrected chi connectivity index (χ3v) is 1.87. The molecule has 0 aromatic heterocycles. The van der Waals surface area contributed by atoms with Gasteiger partial charge in [-0.3, -0.25) is 0 Å². The monoisotopic (exact) mass is 217 g/mol. The molecule has 1 aromatic carbocycles. The Labute approximate surface area is 93.0 Å². The number of hydrogen-bond donors (Lipinski definition) is 0. The zero-order valence-corrected chi connectivity index (χ0v) is 8.83. The predicted octanol–water partition coefficient (Wildman–Crippen LogP) is 2.80. The van der Waals surface area contributed by atoms with E-state index < -0.39 is 0 Å². The van der Waals surface area contributed by atoms with Crippen molar-refractivity contribution in [1.29, 1.82) is 0 Å². The Balaban J connectivity index is 2.78. The van der Waals surface area contributed by atoms with Crippen LogP contribution in [0, 0.1) is 0 Å². The minimum atomic E-state index is -0.370. The molecule has 0 radical (unpaired) electrons. The van der Waals surface area contributed by atoms with Gasteiger partial charge in [0.25, 0.3) is 0 Å². The standard InChI is InChI=1S/C11H11N3O2/c1-16-11(15)10-6-2-4-9(8-10)5-3-7-13-14-12/h2-6,8H,7H2,1H3. The van der Waals surface area contributed by atoms with E-state index in [4.69, 9.17) is 5.53 Å². The first-order valence-corrected chi connectivity index (χ1v) is 4.63. The van der Waals surface area contributed by atoms with Gasteiger partial charge < -0.3 is 4.74 Å². The van der Waals surface area contributed by atoms with Crippen LogP contribution in [0.2, 0.25) is 0 Å². The molecule has 0 heterocycles. The summed E-state index contributed by atoms with van der Waals surface area (Å²) in [4.78, 5) is 13.9. The minimum absolute atomic E-state index is 0.291. The first kappa shape index (κ1) is 11.8. The maximum absolute atomic E-state index is 11.2. The van der Waals surface area contributed by atoms with Crippen LogP contribution in [0.15, 0.2) is 35.5 Å². The molecular weight excluding hydrogens is 206 g/mol.